The van der Waals surface area contributed by atoms with E-state index < -0.39 is 0 Å². The molecule has 1 unspecified atom stereocenters. The monoisotopic (exact) mass is 371 g/mol. The SMILES string of the molecule is CCC(C)OCCOc1ccnc(-n2c(SC)nc3ccccc32)c1C. The molecule has 6 heteroatoms. The van der Waals surface area contributed by atoms with Gasteiger partial charge in [0.2, 0.25) is 0 Å². The van der Waals surface area contributed by atoms with E-state index >= 15 is 0 Å². The molecule has 1 aromatic carbocycles. The Balaban J connectivity index is 1.88. The molecule has 0 saturated heterocycles. The first-order valence-electron chi connectivity index (χ1n) is 8.87. The topological polar surface area (TPSA) is 49.2 Å². The van der Waals surface area contributed by atoms with Crippen LogP contribution in [0.1, 0.15) is 25.8 Å². The molecule has 0 aliphatic heterocycles. The summed E-state index contributed by atoms with van der Waals surface area (Å²) in [6.07, 6.45) is 5.07. The molecule has 0 radical (unpaired) electrons. The van der Waals surface area contributed by atoms with Gasteiger partial charge in [0.05, 0.1) is 23.7 Å². The second kappa shape index (κ2) is 8.56. The molecule has 26 heavy (non-hydrogen) atoms. The van der Waals surface area contributed by atoms with Crippen LogP contribution in [0, 0.1) is 6.92 Å². The van der Waals surface area contributed by atoms with Gasteiger partial charge in [0.1, 0.15) is 18.2 Å². The third-order valence-electron chi connectivity index (χ3n) is 4.37. The van der Waals surface area contributed by atoms with Crippen LogP contribution in [0.3, 0.4) is 0 Å². The third kappa shape index (κ3) is 3.86. The first-order chi connectivity index (χ1) is 12.7. The maximum atomic E-state index is 5.95. The van der Waals surface area contributed by atoms with Gasteiger partial charge in [-0.2, -0.15) is 0 Å². The number of hydrogen-bond donors (Lipinski definition) is 0. The van der Waals surface area contributed by atoms with E-state index in [0.29, 0.717) is 13.2 Å². The Labute approximate surface area is 158 Å². The molecule has 0 bridgehead atoms. The standard InChI is InChI=1S/C20H25N3O2S/c1-5-14(2)24-12-13-25-18-10-11-21-19(15(18)3)23-17-9-7-6-8-16(17)22-20(23)26-4/h6-11,14H,5,12-13H2,1-4H3. The number of thioether (sulfide) groups is 1. The van der Waals surface area contributed by atoms with Gasteiger partial charge >= 0.3 is 0 Å². The van der Waals surface area contributed by atoms with Crippen LogP contribution in [-0.4, -0.2) is 40.1 Å². The highest BCUT2D eigenvalue weighted by atomic mass is 32.2. The summed E-state index contributed by atoms with van der Waals surface area (Å²) in [5.74, 6) is 1.68. The molecule has 0 aliphatic carbocycles. The molecule has 0 fully saturated rings. The lowest BCUT2D eigenvalue weighted by Crippen LogP contribution is -2.14. The van der Waals surface area contributed by atoms with Crippen molar-refractivity contribution in [3.05, 3.63) is 42.1 Å². The molecule has 138 valence electrons. The zero-order valence-corrected chi connectivity index (χ0v) is 16.5. The number of fused-ring (bicyclic) bond motifs is 1. The number of para-hydroxylation sites is 2. The number of nitrogens with zero attached hydrogens (tertiary/aromatic N) is 3. The lowest BCUT2D eigenvalue weighted by atomic mass is 10.2. The Bertz CT molecular complexity index is 879. The van der Waals surface area contributed by atoms with Crippen LogP contribution in [0.4, 0.5) is 0 Å². The van der Waals surface area contributed by atoms with E-state index in [1.54, 1.807) is 18.0 Å². The van der Waals surface area contributed by atoms with Crippen LogP contribution in [-0.2, 0) is 4.74 Å². The van der Waals surface area contributed by atoms with Gasteiger partial charge in [-0.1, -0.05) is 30.8 Å². The summed E-state index contributed by atoms with van der Waals surface area (Å²) in [5.41, 5.74) is 3.01. The summed E-state index contributed by atoms with van der Waals surface area (Å²) in [4.78, 5) is 9.32. The Morgan fingerprint density at radius 3 is 2.77 bits per heavy atom. The van der Waals surface area contributed by atoms with Crippen LogP contribution in [0.15, 0.2) is 41.7 Å². The zero-order chi connectivity index (χ0) is 18.5. The van der Waals surface area contributed by atoms with Crippen LogP contribution >= 0.6 is 11.8 Å². The molecule has 2 aromatic heterocycles. The van der Waals surface area contributed by atoms with Crippen LogP contribution < -0.4 is 4.74 Å². The fraction of sp³-hybridized carbons (Fsp3) is 0.400. The molecule has 0 saturated carbocycles. The Morgan fingerprint density at radius 2 is 2.00 bits per heavy atom. The molecule has 0 amide bonds. The largest absolute Gasteiger partial charge is 0.491 e. The molecule has 0 spiro atoms. The van der Waals surface area contributed by atoms with E-state index in [9.17, 15) is 0 Å². The maximum absolute atomic E-state index is 5.95. The summed E-state index contributed by atoms with van der Waals surface area (Å²) in [7, 11) is 0. The Morgan fingerprint density at radius 1 is 1.19 bits per heavy atom. The van der Waals surface area contributed by atoms with Crippen molar-refractivity contribution in [3.8, 4) is 11.6 Å². The second-order valence-corrected chi connectivity index (χ2v) is 6.89. The second-order valence-electron chi connectivity index (χ2n) is 6.12. The molecule has 2 heterocycles. The van der Waals surface area contributed by atoms with Crippen molar-refractivity contribution in [2.24, 2.45) is 0 Å². The van der Waals surface area contributed by atoms with Gasteiger partial charge in [-0.3, -0.25) is 4.57 Å². The molecular weight excluding hydrogens is 346 g/mol. The highest BCUT2D eigenvalue weighted by Gasteiger charge is 2.16. The summed E-state index contributed by atoms with van der Waals surface area (Å²) in [5, 5.41) is 0.916. The normalized spacial score (nSPS) is 12.5. The third-order valence-corrected chi connectivity index (χ3v) is 5.01. The van der Waals surface area contributed by atoms with Crippen molar-refractivity contribution in [3.63, 3.8) is 0 Å². The average Bonchev–Trinajstić information content (AvgIpc) is 3.04. The molecule has 3 aromatic rings. The lowest BCUT2D eigenvalue weighted by molar-refractivity contribution is 0.0425. The summed E-state index contributed by atoms with van der Waals surface area (Å²) in [6.45, 7) is 7.32. The number of rotatable bonds is 8. The fourth-order valence-electron chi connectivity index (χ4n) is 2.75. The highest BCUT2D eigenvalue weighted by molar-refractivity contribution is 7.98. The van der Waals surface area contributed by atoms with Crippen molar-refractivity contribution < 1.29 is 9.47 Å². The van der Waals surface area contributed by atoms with E-state index in [-0.39, 0.29) is 6.10 Å². The zero-order valence-electron chi connectivity index (χ0n) is 15.7. The van der Waals surface area contributed by atoms with Crippen molar-refractivity contribution in [2.45, 2.75) is 38.5 Å². The van der Waals surface area contributed by atoms with E-state index in [4.69, 9.17) is 14.5 Å². The van der Waals surface area contributed by atoms with Gasteiger partial charge in [-0.15, -0.1) is 0 Å². The van der Waals surface area contributed by atoms with Gasteiger partial charge in [0.25, 0.3) is 0 Å². The Hall–Kier alpha value is -2.05. The molecule has 3 rings (SSSR count). The number of aromatic nitrogens is 3. The maximum Gasteiger partial charge on any atom is 0.174 e. The van der Waals surface area contributed by atoms with Crippen LogP contribution in [0.25, 0.3) is 16.9 Å². The number of benzene rings is 1. The van der Waals surface area contributed by atoms with Gasteiger partial charge in [-0.25, -0.2) is 9.97 Å². The van der Waals surface area contributed by atoms with E-state index in [2.05, 4.69) is 29.5 Å². The molecule has 0 N–H and O–H groups in total. The average molecular weight is 372 g/mol. The quantitative estimate of drug-likeness (QED) is 0.426. The number of hydrogen-bond acceptors (Lipinski definition) is 5. The minimum atomic E-state index is 0.258. The smallest absolute Gasteiger partial charge is 0.174 e. The molecule has 0 aliphatic rings. The van der Waals surface area contributed by atoms with Gasteiger partial charge < -0.3 is 9.47 Å². The molecule has 5 nitrogen and oxygen atoms in total. The number of imidazole rings is 1. The highest BCUT2D eigenvalue weighted by Crippen LogP contribution is 2.30. The predicted molar refractivity (Wildman–Crippen MR) is 107 cm³/mol. The van der Waals surface area contributed by atoms with Crippen molar-refractivity contribution in [1.29, 1.82) is 0 Å². The fourth-order valence-corrected chi connectivity index (χ4v) is 3.31. The Kier molecular flexibility index (Phi) is 6.16. The lowest BCUT2D eigenvalue weighted by Gasteiger charge is -2.15. The van der Waals surface area contributed by atoms with E-state index in [0.717, 1.165) is 39.7 Å². The first-order valence-corrected chi connectivity index (χ1v) is 10.1. The summed E-state index contributed by atoms with van der Waals surface area (Å²) in [6, 6.07) is 10.0. The summed E-state index contributed by atoms with van der Waals surface area (Å²) >= 11 is 1.61. The predicted octanol–water partition coefficient (Wildman–Crippen LogP) is 4.64. The number of ether oxygens (including phenoxy) is 2. The molecular formula is C20H25N3O2S. The van der Waals surface area contributed by atoms with E-state index in [1.807, 2.05) is 37.4 Å². The number of pyridine rings is 1. The first kappa shape index (κ1) is 18.7. The molecule has 1 atom stereocenters. The van der Waals surface area contributed by atoms with E-state index in [1.165, 1.54) is 0 Å². The van der Waals surface area contributed by atoms with Gasteiger partial charge in [0.15, 0.2) is 5.16 Å². The van der Waals surface area contributed by atoms with Crippen molar-refractivity contribution in [2.75, 3.05) is 19.5 Å². The summed E-state index contributed by atoms with van der Waals surface area (Å²) < 4.78 is 13.7. The van der Waals surface area contributed by atoms with Crippen LogP contribution in [0.2, 0.25) is 0 Å². The minimum Gasteiger partial charge on any atom is -0.491 e. The van der Waals surface area contributed by atoms with Gasteiger partial charge in [-0.05, 0) is 44.7 Å². The van der Waals surface area contributed by atoms with Crippen LogP contribution in [0.5, 0.6) is 5.75 Å². The van der Waals surface area contributed by atoms with Crippen molar-refractivity contribution in [1.82, 2.24) is 14.5 Å². The van der Waals surface area contributed by atoms with Gasteiger partial charge in [0, 0.05) is 11.8 Å². The van der Waals surface area contributed by atoms with Crippen molar-refractivity contribution >= 4 is 22.8 Å². The minimum absolute atomic E-state index is 0.258.